The van der Waals surface area contributed by atoms with Gasteiger partial charge in [-0.1, -0.05) is 61.0 Å². The number of amides is 2. The topological polar surface area (TPSA) is 32.3 Å². The number of fused-ring (bicyclic) bond motifs is 1. The van der Waals surface area contributed by atoms with E-state index in [0.717, 1.165) is 36.9 Å². The fourth-order valence-electron chi connectivity index (χ4n) is 4.06. The molecule has 1 aliphatic rings. The number of likely N-dealkylation sites (tertiary alicyclic amines) is 1. The van der Waals surface area contributed by atoms with E-state index in [1.807, 2.05) is 35.2 Å². The molecule has 0 aliphatic carbocycles. The van der Waals surface area contributed by atoms with Gasteiger partial charge >= 0.3 is 6.03 Å². The van der Waals surface area contributed by atoms with E-state index in [-0.39, 0.29) is 17.8 Å². The summed E-state index contributed by atoms with van der Waals surface area (Å²) in [6.45, 7) is 1.95. The number of hydrogen-bond acceptors (Lipinski definition) is 1. The van der Waals surface area contributed by atoms with Crippen LogP contribution in [-0.4, -0.2) is 24.0 Å². The number of halogens is 1. The summed E-state index contributed by atoms with van der Waals surface area (Å²) in [6, 6.07) is 21.1. The number of urea groups is 1. The molecule has 1 fully saturated rings. The van der Waals surface area contributed by atoms with Crippen molar-refractivity contribution >= 4 is 16.8 Å². The first-order chi connectivity index (χ1) is 13.7. The first-order valence-electron chi connectivity index (χ1n) is 9.95. The minimum atomic E-state index is -0.220. The van der Waals surface area contributed by atoms with Gasteiger partial charge in [0.05, 0.1) is 0 Å². The van der Waals surface area contributed by atoms with Crippen molar-refractivity contribution in [3.63, 3.8) is 0 Å². The molecule has 1 saturated heterocycles. The standard InChI is InChI=1S/C24H25FN2O/c25-22-13-11-18(12-14-22)21-7-3-4-15-27(17-21)24(28)26-16-20-9-5-8-19-6-1-2-10-23(19)20/h1-2,5-6,8-14,21H,3-4,7,15-17H2,(H,26,28). The normalized spacial score (nSPS) is 17.3. The summed E-state index contributed by atoms with van der Waals surface area (Å²) in [5, 5.41) is 5.45. The molecule has 0 bridgehead atoms. The summed E-state index contributed by atoms with van der Waals surface area (Å²) in [5.41, 5.74) is 2.23. The zero-order chi connectivity index (χ0) is 19.3. The van der Waals surface area contributed by atoms with E-state index in [4.69, 9.17) is 0 Å². The monoisotopic (exact) mass is 376 g/mol. The fraction of sp³-hybridized carbons (Fsp3) is 0.292. The van der Waals surface area contributed by atoms with E-state index in [2.05, 4.69) is 29.6 Å². The summed E-state index contributed by atoms with van der Waals surface area (Å²) in [6.07, 6.45) is 3.10. The maximum absolute atomic E-state index is 13.2. The van der Waals surface area contributed by atoms with Crippen LogP contribution in [0.1, 0.15) is 36.3 Å². The number of nitrogens with zero attached hydrogens (tertiary/aromatic N) is 1. The Morgan fingerprint density at radius 1 is 1.00 bits per heavy atom. The van der Waals surface area contributed by atoms with E-state index in [9.17, 15) is 9.18 Å². The van der Waals surface area contributed by atoms with Gasteiger partial charge in [-0.25, -0.2) is 9.18 Å². The molecule has 4 rings (SSSR count). The molecule has 1 unspecified atom stereocenters. The Labute approximate surface area is 165 Å². The van der Waals surface area contributed by atoms with Crippen molar-refractivity contribution in [3.8, 4) is 0 Å². The van der Waals surface area contributed by atoms with Gasteiger partial charge in [0.15, 0.2) is 0 Å². The molecule has 4 heteroatoms. The molecule has 0 aromatic heterocycles. The average molecular weight is 376 g/mol. The molecule has 1 N–H and O–H groups in total. The SMILES string of the molecule is O=C(NCc1cccc2ccccc12)N1CCCCC(c2ccc(F)cc2)C1. The lowest BCUT2D eigenvalue weighted by Gasteiger charge is -2.25. The second-order valence-electron chi connectivity index (χ2n) is 7.49. The lowest BCUT2D eigenvalue weighted by molar-refractivity contribution is 0.197. The minimum Gasteiger partial charge on any atom is -0.334 e. The zero-order valence-electron chi connectivity index (χ0n) is 15.9. The first kappa shape index (κ1) is 18.5. The lowest BCUT2D eigenvalue weighted by atomic mass is 9.94. The lowest BCUT2D eigenvalue weighted by Crippen LogP contribution is -2.41. The van der Waals surface area contributed by atoms with E-state index >= 15 is 0 Å². The number of rotatable bonds is 3. The van der Waals surface area contributed by atoms with Crippen LogP contribution in [-0.2, 0) is 6.54 Å². The number of hydrogen-bond donors (Lipinski definition) is 1. The first-order valence-corrected chi connectivity index (χ1v) is 9.95. The smallest absolute Gasteiger partial charge is 0.317 e. The maximum atomic E-state index is 13.2. The molecule has 3 aromatic rings. The van der Waals surface area contributed by atoms with Crippen LogP contribution in [0.4, 0.5) is 9.18 Å². The van der Waals surface area contributed by atoms with Gasteiger partial charge in [-0.05, 0) is 46.9 Å². The van der Waals surface area contributed by atoms with E-state index in [1.165, 1.54) is 22.9 Å². The Morgan fingerprint density at radius 3 is 2.64 bits per heavy atom. The van der Waals surface area contributed by atoms with Crippen molar-refractivity contribution in [2.45, 2.75) is 31.7 Å². The minimum absolute atomic E-state index is 0.0260. The highest BCUT2D eigenvalue weighted by molar-refractivity contribution is 5.86. The average Bonchev–Trinajstić information content (AvgIpc) is 2.99. The summed E-state index contributed by atoms with van der Waals surface area (Å²) < 4.78 is 13.2. The number of carbonyl (C=O) groups is 1. The third kappa shape index (κ3) is 4.16. The van der Waals surface area contributed by atoms with Crippen molar-refractivity contribution in [2.75, 3.05) is 13.1 Å². The third-order valence-electron chi connectivity index (χ3n) is 5.61. The van der Waals surface area contributed by atoms with Crippen molar-refractivity contribution < 1.29 is 9.18 Å². The highest BCUT2D eigenvalue weighted by atomic mass is 19.1. The van der Waals surface area contributed by atoms with E-state index in [1.54, 1.807) is 0 Å². The molecule has 0 spiro atoms. The van der Waals surface area contributed by atoms with Crippen LogP contribution in [0.2, 0.25) is 0 Å². The zero-order valence-corrected chi connectivity index (χ0v) is 15.9. The van der Waals surface area contributed by atoms with Gasteiger partial charge in [0, 0.05) is 25.6 Å². The Bertz CT molecular complexity index is 949. The number of nitrogens with one attached hydrogen (secondary N) is 1. The second-order valence-corrected chi connectivity index (χ2v) is 7.49. The van der Waals surface area contributed by atoms with Crippen LogP contribution in [0.25, 0.3) is 10.8 Å². The summed E-state index contributed by atoms with van der Waals surface area (Å²) in [4.78, 5) is 14.8. The molecule has 0 saturated carbocycles. The van der Waals surface area contributed by atoms with Gasteiger partial charge in [-0.15, -0.1) is 0 Å². The van der Waals surface area contributed by atoms with Crippen LogP contribution < -0.4 is 5.32 Å². The van der Waals surface area contributed by atoms with Crippen LogP contribution in [0, 0.1) is 5.82 Å². The molecule has 3 nitrogen and oxygen atoms in total. The quantitative estimate of drug-likeness (QED) is 0.647. The van der Waals surface area contributed by atoms with Crippen LogP contribution in [0.3, 0.4) is 0 Å². The highest BCUT2D eigenvalue weighted by Crippen LogP contribution is 2.27. The molecule has 144 valence electrons. The summed E-state index contributed by atoms with van der Waals surface area (Å²) in [7, 11) is 0. The molecule has 0 radical (unpaired) electrons. The second kappa shape index (κ2) is 8.42. The van der Waals surface area contributed by atoms with E-state index < -0.39 is 0 Å². The van der Waals surface area contributed by atoms with Crippen LogP contribution in [0.15, 0.2) is 66.7 Å². The fourth-order valence-corrected chi connectivity index (χ4v) is 4.06. The Hall–Kier alpha value is -2.88. The Balaban J connectivity index is 1.44. The van der Waals surface area contributed by atoms with Gasteiger partial charge in [0.25, 0.3) is 0 Å². The molecule has 1 heterocycles. The van der Waals surface area contributed by atoms with Gasteiger partial charge in [-0.3, -0.25) is 0 Å². The molecule has 1 aliphatic heterocycles. The van der Waals surface area contributed by atoms with Crippen molar-refractivity contribution in [1.82, 2.24) is 10.2 Å². The third-order valence-corrected chi connectivity index (χ3v) is 5.61. The number of benzene rings is 3. The van der Waals surface area contributed by atoms with Crippen molar-refractivity contribution in [3.05, 3.63) is 83.7 Å². The molecule has 28 heavy (non-hydrogen) atoms. The Morgan fingerprint density at radius 2 is 1.79 bits per heavy atom. The van der Waals surface area contributed by atoms with Crippen LogP contribution in [0.5, 0.6) is 0 Å². The van der Waals surface area contributed by atoms with Gasteiger partial charge in [0.2, 0.25) is 0 Å². The highest BCUT2D eigenvalue weighted by Gasteiger charge is 2.23. The van der Waals surface area contributed by atoms with E-state index in [0.29, 0.717) is 13.1 Å². The molecule has 2 amide bonds. The predicted molar refractivity (Wildman–Crippen MR) is 111 cm³/mol. The molecule has 1 atom stereocenters. The molecular formula is C24H25FN2O. The van der Waals surface area contributed by atoms with Gasteiger partial charge in [0.1, 0.15) is 5.82 Å². The van der Waals surface area contributed by atoms with Gasteiger partial charge in [-0.2, -0.15) is 0 Å². The summed E-state index contributed by atoms with van der Waals surface area (Å²) in [5.74, 6) is 0.0356. The predicted octanol–water partition coefficient (Wildman–Crippen LogP) is 5.46. The molecular weight excluding hydrogens is 351 g/mol. The van der Waals surface area contributed by atoms with Crippen molar-refractivity contribution in [2.24, 2.45) is 0 Å². The maximum Gasteiger partial charge on any atom is 0.317 e. The van der Waals surface area contributed by atoms with Crippen LogP contribution >= 0.6 is 0 Å². The molecule has 3 aromatic carbocycles. The summed E-state index contributed by atoms with van der Waals surface area (Å²) >= 11 is 0. The van der Waals surface area contributed by atoms with Crippen molar-refractivity contribution in [1.29, 1.82) is 0 Å². The Kier molecular flexibility index (Phi) is 5.56. The largest absolute Gasteiger partial charge is 0.334 e. The number of carbonyl (C=O) groups excluding carboxylic acids is 1. The van der Waals surface area contributed by atoms with Gasteiger partial charge < -0.3 is 10.2 Å².